The highest BCUT2D eigenvalue weighted by atomic mass is 35.5. The van der Waals surface area contributed by atoms with Crippen LogP contribution in [0.2, 0.25) is 5.15 Å². The number of ether oxygens (including phenoxy) is 1. The lowest BCUT2D eigenvalue weighted by atomic mass is 9.94. The first-order valence-electron chi connectivity index (χ1n) is 15.0. The van der Waals surface area contributed by atoms with Crippen molar-refractivity contribution < 1.29 is 31.1 Å². The van der Waals surface area contributed by atoms with Crippen molar-refractivity contribution in [3.8, 4) is 11.7 Å². The van der Waals surface area contributed by atoms with Gasteiger partial charge in [0.15, 0.2) is 10.8 Å². The summed E-state index contributed by atoms with van der Waals surface area (Å²) in [6.07, 6.45) is 0.273. The van der Waals surface area contributed by atoms with E-state index in [9.17, 15) is 26.4 Å². The van der Waals surface area contributed by atoms with Crippen molar-refractivity contribution in [2.75, 3.05) is 25.0 Å². The van der Waals surface area contributed by atoms with Gasteiger partial charge in [-0.25, -0.2) is 19.4 Å². The minimum absolute atomic E-state index is 0.0925. The van der Waals surface area contributed by atoms with Crippen molar-refractivity contribution in [2.45, 2.75) is 76.0 Å². The number of carbonyl (C=O) groups is 1. The predicted molar refractivity (Wildman–Crippen MR) is 166 cm³/mol. The molecule has 11 nitrogen and oxygen atoms in total. The number of nitrogens with zero attached hydrogens (tertiary/aromatic N) is 4. The smallest absolute Gasteiger partial charge is 0.394 e. The number of pyridine rings is 2. The molecule has 3 aromatic heterocycles. The summed E-state index contributed by atoms with van der Waals surface area (Å²) in [5, 5.41) is 10.2. The number of amides is 1. The lowest BCUT2D eigenvalue weighted by molar-refractivity contribution is -0.190. The summed E-state index contributed by atoms with van der Waals surface area (Å²) in [5.41, 5.74) is -1.37. The van der Waals surface area contributed by atoms with Crippen molar-refractivity contribution in [2.24, 2.45) is 11.3 Å². The number of sulfonamides is 1. The Morgan fingerprint density at radius 3 is 2.59 bits per heavy atom. The Kier molecular flexibility index (Phi) is 9.58. The first-order chi connectivity index (χ1) is 21.6. The molecule has 16 heteroatoms. The number of hydrogen-bond donors (Lipinski definition) is 3. The Bertz CT molecular complexity index is 1690. The molecule has 5 rings (SSSR count). The minimum Gasteiger partial charge on any atom is -0.477 e. The van der Waals surface area contributed by atoms with Crippen LogP contribution >= 0.6 is 11.6 Å². The molecule has 3 aromatic rings. The van der Waals surface area contributed by atoms with Gasteiger partial charge in [-0.15, -0.1) is 5.10 Å². The summed E-state index contributed by atoms with van der Waals surface area (Å²) < 4.78 is 74.4. The van der Waals surface area contributed by atoms with Gasteiger partial charge >= 0.3 is 6.18 Å². The van der Waals surface area contributed by atoms with Crippen molar-refractivity contribution >= 4 is 33.3 Å². The van der Waals surface area contributed by atoms with Crippen LogP contribution in [0.3, 0.4) is 0 Å². The normalized spacial score (nSPS) is 18.7. The fourth-order valence-electron chi connectivity index (χ4n) is 5.61. The zero-order valence-corrected chi connectivity index (χ0v) is 27.3. The first kappa shape index (κ1) is 33.9. The third-order valence-corrected chi connectivity index (χ3v) is 10.1. The second-order valence-electron chi connectivity index (χ2n) is 12.6. The zero-order valence-electron chi connectivity index (χ0n) is 25.7. The van der Waals surface area contributed by atoms with Gasteiger partial charge in [0.1, 0.15) is 11.0 Å². The molecule has 4 heterocycles. The average molecular weight is 684 g/mol. The Morgan fingerprint density at radius 2 is 1.93 bits per heavy atom. The van der Waals surface area contributed by atoms with Crippen molar-refractivity contribution in [3.05, 3.63) is 52.8 Å². The summed E-state index contributed by atoms with van der Waals surface area (Å²) in [6, 6.07) is 7.44. The lowest BCUT2D eigenvalue weighted by Crippen LogP contribution is -2.32. The van der Waals surface area contributed by atoms with Crippen LogP contribution in [0, 0.1) is 18.3 Å². The number of nitrogens with one attached hydrogen (secondary N) is 3. The molecule has 2 aliphatic rings. The fourth-order valence-corrected chi connectivity index (χ4v) is 7.01. The van der Waals surface area contributed by atoms with E-state index in [2.05, 4.69) is 39.5 Å². The molecular weight excluding hydrogens is 647 g/mol. The summed E-state index contributed by atoms with van der Waals surface area (Å²) in [4.78, 5) is 21.4. The number of aromatic nitrogens is 4. The number of halogens is 4. The highest BCUT2D eigenvalue weighted by molar-refractivity contribution is 7.90. The Morgan fingerprint density at radius 1 is 1.17 bits per heavy atom. The van der Waals surface area contributed by atoms with Crippen LogP contribution in [-0.2, 0) is 10.0 Å². The predicted octanol–water partition coefficient (Wildman–Crippen LogP) is 5.43. The van der Waals surface area contributed by atoms with Gasteiger partial charge in [0.05, 0.1) is 17.6 Å². The maximum atomic E-state index is 13.2. The van der Waals surface area contributed by atoms with E-state index in [4.69, 9.17) is 16.3 Å². The molecule has 1 aliphatic carbocycles. The van der Waals surface area contributed by atoms with Crippen molar-refractivity contribution in [1.29, 1.82) is 0 Å². The molecule has 46 heavy (non-hydrogen) atoms. The molecule has 0 radical (unpaired) electrons. The minimum atomic E-state index is -4.37. The molecule has 0 spiro atoms. The molecule has 0 bridgehead atoms. The van der Waals surface area contributed by atoms with E-state index in [0.29, 0.717) is 23.8 Å². The number of anilines is 1. The van der Waals surface area contributed by atoms with E-state index < -0.39 is 27.5 Å². The van der Waals surface area contributed by atoms with Crippen LogP contribution in [0.5, 0.6) is 5.88 Å². The largest absolute Gasteiger partial charge is 0.477 e. The van der Waals surface area contributed by atoms with Crippen LogP contribution in [0.4, 0.5) is 19.0 Å². The van der Waals surface area contributed by atoms with E-state index >= 15 is 0 Å². The molecule has 0 aromatic carbocycles. The van der Waals surface area contributed by atoms with Gasteiger partial charge in [-0.2, -0.15) is 21.6 Å². The third-order valence-electron chi connectivity index (χ3n) is 8.46. The SMILES string of the molecule is Cc1ccc(NCCCC2CNC(C)(C)C2)nc1S(=O)(=O)NC(=O)c1ccc(-n2ccc(OCCC3(C(F)(F)F)CC3)n2)nc1Cl. The number of aryl methyl sites for hydroxylation is 1. The van der Waals surface area contributed by atoms with Crippen LogP contribution in [-0.4, -0.2) is 65.5 Å². The van der Waals surface area contributed by atoms with E-state index in [1.54, 1.807) is 19.1 Å². The Balaban J connectivity index is 1.17. The van der Waals surface area contributed by atoms with E-state index in [1.165, 1.54) is 29.1 Å². The van der Waals surface area contributed by atoms with E-state index in [1.807, 2.05) is 4.72 Å². The van der Waals surface area contributed by atoms with Crippen LogP contribution in [0.15, 0.2) is 41.6 Å². The molecule has 1 saturated heterocycles. The highest BCUT2D eigenvalue weighted by Gasteiger charge is 2.62. The van der Waals surface area contributed by atoms with Crippen LogP contribution in [0.25, 0.3) is 5.82 Å². The fraction of sp³-hybridized carbons (Fsp3) is 0.533. The van der Waals surface area contributed by atoms with Gasteiger partial charge in [-0.3, -0.25) is 4.79 Å². The molecule has 2 fully saturated rings. The summed E-state index contributed by atoms with van der Waals surface area (Å²) in [7, 11) is -4.37. The zero-order chi connectivity index (χ0) is 33.3. The van der Waals surface area contributed by atoms with E-state index in [0.717, 1.165) is 25.8 Å². The van der Waals surface area contributed by atoms with Gasteiger partial charge in [0.2, 0.25) is 5.88 Å². The molecule has 250 valence electrons. The van der Waals surface area contributed by atoms with Gasteiger partial charge in [-0.1, -0.05) is 17.7 Å². The van der Waals surface area contributed by atoms with Gasteiger partial charge in [0.25, 0.3) is 15.9 Å². The Labute approximate surface area is 270 Å². The highest BCUT2D eigenvalue weighted by Crippen LogP contribution is 2.59. The Hall–Kier alpha value is -3.43. The van der Waals surface area contributed by atoms with Crippen LogP contribution in [0.1, 0.15) is 68.3 Å². The molecule has 1 unspecified atom stereocenters. The van der Waals surface area contributed by atoms with Crippen molar-refractivity contribution in [3.63, 3.8) is 0 Å². The van der Waals surface area contributed by atoms with Gasteiger partial charge in [-0.05, 0) is 95.5 Å². The molecule has 1 atom stereocenters. The topological polar surface area (TPSA) is 140 Å². The maximum Gasteiger partial charge on any atom is 0.394 e. The first-order valence-corrected chi connectivity index (χ1v) is 16.9. The average Bonchev–Trinajstić information content (AvgIpc) is 3.49. The molecule has 1 aliphatic heterocycles. The number of alkyl halides is 3. The molecule has 3 N–H and O–H groups in total. The standard InChI is InChI=1S/C30H37ClF3N7O4S/c1-19-6-8-22(35-14-4-5-20-17-28(2,3)36-18-20)37-27(19)46(43,44)40-26(42)21-7-9-23(38-25(21)31)41-15-10-24(39-41)45-16-13-29(11-12-29)30(32,33)34/h6-10,15,20,36H,4-5,11-14,16-18H2,1-3H3,(H,35,37)(H,40,42). The summed E-state index contributed by atoms with van der Waals surface area (Å²) in [5.74, 6) is 0.243. The van der Waals surface area contributed by atoms with Crippen LogP contribution < -0.4 is 20.1 Å². The quantitative estimate of drug-likeness (QED) is 0.159. The molecular formula is C30H37ClF3N7O4S. The number of hydrogen-bond acceptors (Lipinski definition) is 9. The number of rotatable bonds is 13. The molecule has 1 saturated carbocycles. The summed E-state index contributed by atoms with van der Waals surface area (Å²) >= 11 is 6.25. The van der Waals surface area contributed by atoms with Gasteiger partial charge < -0.3 is 15.4 Å². The van der Waals surface area contributed by atoms with Gasteiger partial charge in [0, 0.05) is 24.3 Å². The molecule has 1 amide bonds. The lowest BCUT2D eigenvalue weighted by Gasteiger charge is -2.18. The maximum absolute atomic E-state index is 13.2. The second kappa shape index (κ2) is 13.0. The second-order valence-corrected chi connectivity index (χ2v) is 14.6. The third kappa shape index (κ3) is 7.92. The number of carbonyl (C=O) groups excluding carboxylic acids is 1. The monoisotopic (exact) mass is 683 g/mol. The van der Waals surface area contributed by atoms with Crippen molar-refractivity contribution in [1.82, 2.24) is 29.8 Å². The summed E-state index contributed by atoms with van der Waals surface area (Å²) in [6.45, 7) is 7.41. The van der Waals surface area contributed by atoms with E-state index in [-0.39, 0.29) is 58.8 Å².